The van der Waals surface area contributed by atoms with Crippen LogP contribution in [0, 0.1) is 5.92 Å². The van der Waals surface area contributed by atoms with Crippen LogP contribution in [0.2, 0.25) is 0 Å². The van der Waals surface area contributed by atoms with Crippen LogP contribution in [-0.2, 0) is 11.2 Å². The number of likely N-dealkylation sites (tertiary alicyclic amines) is 1. The quantitative estimate of drug-likeness (QED) is 0.917. The lowest BCUT2D eigenvalue weighted by atomic mass is 9.91. The molecule has 3 atom stereocenters. The lowest BCUT2D eigenvalue weighted by molar-refractivity contribution is -0.137. The second-order valence-corrected chi connectivity index (χ2v) is 6.02. The first kappa shape index (κ1) is 15.0. The van der Waals surface area contributed by atoms with Crippen LogP contribution in [0.15, 0.2) is 30.3 Å². The third kappa shape index (κ3) is 3.60. The smallest absolute Gasteiger partial charge is 0.239 e. The molecule has 1 aliphatic heterocycles. The highest BCUT2D eigenvalue weighted by Gasteiger charge is 2.30. The zero-order valence-electron chi connectivity index (χ0n) is 12.6. The average Bonchev–Trinajstić information content (AvgIpc) is 2.48. The van der Waals surface area contributed by atoms with Gasteiger partial charge in [0.2, 0.25) is 5.91 Å². The van der Waals surface area contributed by atoms with E-state index in [1.807, 2.05) is 23.1 Å². The number of amides is 1. The second kappa shape index (κ2) is 6.89. The molecule has 0 saturated carbocycles. The maximum Gasteiger partial charge on any atom is 0.239 e. The fourth-order valence-electron chi connectivity index (χ4n) is 2.95. The van der Waals surface area contributed by atoms with E-state index in [0.29, 0.717) is 12.0 Å². The van der Waals surface area contributed by atoms with Crippen molar-refractivity contribution in [2.75, 3.05) is 6.54 Å². The molecule has 0 bridgehead atoms. The lowest BCUT2D eigenvalue weighted by Gasteiger charge is -2.39. The lowest BCUT2D eigenvalue weighted by Crippen LogP contribution is -2.52. The number of carbonyl (C=O) groups is 1. The Bertz CT molecular complexity index is 432. The van der Waals surface area contributed by atoms with E-state index in [-0.39, 0.29) is 11.9 Å². The molecule has 1 aromatic rings. The molecule has 0 spiro atoms. The first-order valence-electron chi connectivity index (χ1n) is 7.69. The van der Waals surface area contributed by atoms with Crippen molar-refractivity contribution in [1.82, 2.24) is 4.90 Å². The summed E-state index contributed by atoms with van der Waals surface area (Å²) in [5.74, 6) is 0.703. The van der Waals surface area contributed by atoms with E-state index in [1.165, 1.54) is 12.0 Å². The molecule has 2 N–H and O–H groups in total. The zero-order valence-corrected chi connectivity index (χ0v) is 12.6. The van der Waals surface area contributed by atoms with Crippen molar-refractivity contribution >= 4 is 5.91 Å². The number of rotatable bonds is 4. The molecule has 1 aliphatic rings. The van der Waals surface area contributed by atoms with Gasteiger partial charge >= 0.3 is 0 Å². The highest BCUT2D eigenvalue weighted by Crippen LogP contribution is 2.23. The van der Waals surface area contributed by atoms with Crippen LogP contribution in [0.3, 0.4) is 0 Å². The summed E-state index contributed by atoms with van der Waals surface area (Å²) < 4.78 is 0. The summed E-state index contributed by atoms with van der Waals surface area (Å²) in [5.41, 5.74) is 7.36. The molecule has 1 heterocycles. The highest BCUT2D eigenvalue weighted by atomic mass is 16.2. The van der Waals surface area contributed by atoms with Gasteiger partial charge in [0.1, 0.15) is 0 Å². The maximum absolute atomic E-state index is 12.5. The van der Waals surface area contributed by atoms with Gasteiger partial charge in [-0.2, -0.15) is 0 Å². The fraction of sp³-hybridized carbons (Fsp3) is 0.588. The number of piperidine rings is 1. The molecule has 3 nitrogen and oxygen atoms in total. The first-order valence-corrected chi connectivity index (χ1v) is 7.69. The number of nitrogens with zero attached hydrogens (tertiary/aromatic N) is 1. The maximum atomic E-state index is 12.5. The fourth-order valence-corrected chi connectivity index (χ4v) is 2.95. The van der Waals surface area contributed by atoms with Crippen molar-refractivity contribution in [1.29, 1.82) is 0 Å². The number of hydrogen-bond acceptors (Lipinski definition) is 2. The second-order valence-electron chi connectivity index (χ2n) is 6.02. The molecule has 110 valence electrons. The number of aryl methyl sites for hydroxylation is 1. The molecule has 1 fully saturated rings. The summed E-state index contributed by atoms with van der Waals surface area (Å²) in [4.78, 5) is 14.5. The molecule has 0 aliphatic carbocycles. The summed E-state index contributed by atoms with van der Waals surface area (Å²) in [6.07, 6.45) is 3.90. The van der Waals surface area contributed by atoms with E-state index < -0.39 is 0 Å². The van der Waals surface area contributed by atoms with Crippen LogP contribution < -0.4 is 5.73 Å². The SMILES string of the molecule is CC1CCCN(C(=O)C(N)CCc2ccccc2)C1C. The minimum atomic E-state index is -0.372. The number of carbonyl (C=O) groups excluding carboxylic acids is 1. The van der Waals surface area contributed by atoms with Gasteiger partial charge in [-0.1, -0.05) is 37.3 Å². The summed E-state index contributed by atoms with van der Waals surface area (Å²) >= 11 is 0. The van der Waals surface area contributed by atoms with Crippen LogP contribution >= 0.6 is 0 Å². The topological polar surface area (TPSA) is 46.3 Å². The Morgan fingerprint density at radius 3 is 2.75 bits per heavy atom. The van der Waals surface area contributed by atoms with E-state index in [4.69, 9.17) is 5.73 Å². The van der Waals surface area contributed by atoms with Gasteiger partial charge in [0.25, 0.3) is 0 Å². The van der Waals surface area contributed by atoms with Gasteiger partial charge < -0.3 is 10.6 Å². The van der Waals surface area contributed by atoms with Gasteiger partial charge in [-0.15, -0.1) is 0 Å². The monoisotopic (exact) mass is 274 g/mol. The third-order valence-electron chi connectivity index (χ3n) is 4.56. The molecule has 1 saturated heterocycles. The zero-order chi connectivity index (χ0) is 14.5. The van der Waals surface area contributed by atoms with Crippen molar-refractivity contribution in [2.45, 2.75) is 51.6 Å². The average molecular weight is 274 g/mol. The van der Waals surface area contributed by atoms with Crippen molar-refractivity contribution in [3.8, 4) is 0 Å². The molecule has 1 aromatic carbocycles. The molecular formula is C17H26N2O. The van der Waals surface area contributed by atoms with Crippen LogP contribution in [0.25, 0.3) is 0 Å². The molecule has 20 heavy (non-hydrogen) atoms. The van der Waals surface area contributed by atoms with Gasteiger partial charge in [-0.3, -0.25) is 4.79 Å². The number of nitrogens with two attached hydrogens (primary N) is 1. The van der Waals surface area contributed by atoms with Crippen molar-refractivity contribution in [2.24, 2.45) is 11.7 Å². The Balaban J connectivity index is 1.88. The van der Waals surface area contributed by atoms with Gasteiger partial charge in [-0.05, 0) is 44.1 Å². The van der Waals surface area contributed by atoms with Crippen LogP contribution in [-0.4, -0.2) is 29.4 Å². The molecule has 3 heteroatoms. The number of hydrogen-bond donors (Lipinski definition) is 1. The molecule has 0 aromatic heterocycles. The van der Waals surface area contributed by atoms with Crippen LogP contribution in [0.4, 0.5) is 0 Å². The van der Waals surface area contributed by atoms with Crippen LogP contribution in [0.1, 0.15) is 38.7 Å². The van der Waals surface area contributed by atoms with Crippen LogP contribution in [0.5, 0.6) is 0 Å². The van der Waals surface area contributed by atoms with E-state index in [2.05, 4.69) is 26.0 Å². The minimum Gasteiger partial charge on any atom is -0.338 e. The molecule has 2 rings (SSSR count). The van der Waals surface area contributed by atoms with E-state index >= 15 is 0 Å². The molecular weight excluding hydrogens is 248 g/mol. The van der Waals surface area contributed by atoms with Crippen molar-refractivity contribution in [3.05, 3.63) is 35.9 Å². The van der Waals surface area contributed by atoms with Gasteiger partial charge in [0.05, 0.1) is 6.04 Å². The Morgan fingerprint density at radius 1 is 1.35 bits per heavy atom. The Morgan fingerprint density at radius 2 is 2.05 bits per heavy atom. The Kier molecular flexibility index (Phi) is 5.18. The minimum absolute atomic E-state index is 0.125. The van der Waals surface area contributed by atoms with Gasteiger partial charge in [0, 0.05) is 12.6 Å². The predicted octanol–water partition coefficient (Wildman–Crippen LogP) is 2.59. The summed E-state index contributed by atoms with van der Waals surface area (Å²) in [5, 5.41) is 0. The van der Waals surface area contributed by atoms with Gasteiger partial charge in [0.15, 0.2) is 0 Å². The van der Waals surface area contributed by atoms with E-state index in [1.54, 1.807) is 0 Å². The Hall–Kier alpha value is -1.35. The molecule has 0 radical (unpaired) electrons. The summed E-state index contributed by atoms with van der Waals surface area (Å²) in [6, 6.07) is 10.2. The first-order chi connectivity index (χ1) is 9.59. The predicted molar refractivity (Wildman–Crippen MR) is 82.3 cm³/mol. The highest BCUT2D eigenvalue weighted by molar-refractivity contribution is 5.82. The summed E-state index contributed by atoms with van der Waals surface area (Å²) in [6.45, 7) is 5.23. The Labute approximate surface area is 122 Å². The van der Waals surface area contributed by atoms with E-state index in [0.717, 1.165) is 25.8 Å². The molecule has 1 amide bonds. The van der Waals surface area contributed by atoms with Gasteiger partial charge in [-0.25, -0.2) is 0 Å². The van der Waals surface area contributed by atoms with Crippen molar-refractivity contribution < 1.29 is 4.79 Å². The normalized spacial score (nSPS) is 24.4. The summed E-state index contributed by atoms with van der Waals surface area (Å²) in [7, 11) is 0. The third-order valence-corrected chi connectivity index (χ3v) is 4.56. The van der Waals surface area contributed by atoms with E-state index in [9.17, 15) is 4.79 Å². The van der Waals surface area contributed by atoms with Crippen molar-refractivity contribution in [3.63, 3.8) is 0 Å². The number of benzene rings is 1. The largest absolute Gasteiger partial charge is 0.338 e. The standard InChI is InChI=1S/C17H26N2O/c1-13-7-6-12-19(14(13)2)17(20)16(18)11-10-15-8-4-3-5-9-15/h3-5,8-9,13-14,16H,6-7,10-12,18H2,1-2H3. The molecule has 3 unspecified atom stereocenters.